The normalized spacial score (nSPS) is 12.0. The van der Waals surface area contributed by atoms with Gasteiger partial charge < -0.3 is 4.74 Å². The highest BCUT2D eigenvalue weighted by Crippen LogP contribution is 2.24. The summed E-state index contributed by atoms with van der Waals surface area (Å²) in [7, 11) is 1.32. The standard InChI is InChI=1S/C12H14BrNO4/c1-7-5-11(14(16)17)8(2)4-9(7)6-10(13)12(15)18-3/h4-5,10H,6H2,1-3H3. The predicted octanol–water partition coefficient (Wildman–Crippen LogP) is 2.69. The number of alkyl halides is 1. The first-order chi connectivity index (χ1) is 8.36. The molecule has 0 spiro atoms. The van der Waals surface area contributed by atoms with Gasteiger partial charge in [-0.25, -0.2) is 0 Å². The fourth-order valence-corrected chi connectivity index (χ4v) is 2.22. The van der Waals surface area contributed by atoms with E-state index in [0.717, 1.165) is 11.1 Å². The summed E-state index contributed by atoms with van der Waals surface area (Å²) in [6, 6.07) is 3.27. The lowest BCUT2D eigenvalue weighted by Gasteiger charge is -2.11. The van der Waals surface area contributed by atoms with E-state index in [4.69, 9.17) is 0 Å². The number of aryl methyl sites for hydroxylation is 2. The quantitative estimate of drug-likeness (QED) is 0.371. The van der Waals surface area contributed by atoms with Crippen molar-refractivity contribution in [3.8, 4) is 0 Å². The summed E-state index contributed by atoms with van der Waals surface area (Å²) in [6.45, 7) is 3.47. The van der Waals surface area contributed by atoms with Crippen molar-refractivity contribution in [2.45, 2.75) is 25.1 Å². The van der Waals surface area contributed by atoms with Gasteiger partial charge in [0.1, 0.15) is 4.83 Å². The van der Waals surface area contributed by atoms with Crippen LogP contribution in [0, 0.1) is 24.0 Å². The topological polar surface area (TPSA) is 69.4 Å². The van der Waals surface area contributed by atoms with Gasteiger partial charge in [-0.15, -0.1) is 0 Å². The average Bonchev–Trinajstić information content (AvgIpc) is 2.31. The summed E-state index contributed by atoms with van der Waals surface area (Å²) in [5.74, 6) is -0.356. The van der Waals surface area contributed by atoms with Gasteiger partial charge >= 0.3 is 5.97 Å². The zero-order valence-electron chi connectivity index (χ0n) is 10.4. The van der Waals surface area contributed by atoms with Crippen LogP contribution in [-0.2, 0) is 16.0 Å². The van der Waals surface area contributed by atoms with E-state index in [1.165, 1.54) is 13.2 Å². The summed E-state index contributed by atoms with van der Waals surface area (Å²) in [6.07, 6.45) is 0.442. The van der Waals surface area contributed by atoms with Gasteiger partial charge in [-0.3, -0.25) is 14.9 Å². The van der Waals surface area contributed by atoms with Crippen LogP contribution < -0.4 is 0 Å². The highest BCUT2D eigenvalue weighted by atomic mass is 79.9. The summed E-state index contributed by atoms with van der Waals surface area (Å²) >= 11 is 3.24. The van der Waals surface area contributed by atoms with Gasteiger partial charge in [0, 0.05) is 11.6 Å². The Morgan fingerprint density at radius 1 is 1.44 bits per heavy atom. The Kier molecular flexibility index (Phi) is 4.84. The molecule has 0 aliphatic rings. The number of nitro benzene ring substituents is 1. The number of benzene rings is 1. The van der Waals surface area contributed by atoms with Crippen LogP contribution in [0.2, 0.25) is 0 Å². The summed E-state index contributed by atoms with van der Waals surface area (Å²) in [4.78, 5) is 21.2. The number of hydrogen-bond acceptors (Lipinski definition) is 4. The molecule has 1 aromatic carbocycles. The van der Waals surface area contributed by atoms with E-state index in [2.05, 4.69) is 20.7 Å². The number of methoxy groups -OCH3 is 1. The second-order valence-electron chi connectivity index (χ2n) is 4.02. The SMILES string of the molecule is COC(=O)C(Br)Cc1cc(C)c([N+](=O)[O-])cc1C. The molecular formula is C12H14BrNO4. The van der Waals surface area contributed by atoms with Crippen LogP contribution in [0.1, 0.15) is 16.7 Å². The third-order valence-electron chi connectivity index (χ3n) is 2.71. The Bertz CT molecular complexity index is 487. The van der Waals surface area contributed by atoms with Crippen LogP contribution in [-0.4, -0.2) is 22.8 Å². The number of esters is 1. The van der Waals surface area contributed by atoms with E-state index in [1.54, 1.807) is 19.9 Å². The number of ether oxygens (including phenoxy) is 1. The molecule has 0 heterocycles. The van der Waals surface area contributed by atoms with Gasteiger partial charge in [0.2, 0.25) is 0 Å². The molecule has 6 heteroatoms. The first-order valence-electron chi connectivity index (χ1n) is 5.33. The molecule has 0 N–H and O–H groups in total. The molecule has 0 aliphatic carbocycles. The smallest absolute Gasteiger partial charge is 0.319 e. The highest BCUT2D eigenvalue weighted by molar-refractivity contribution is 9.10. The number of carbonyl (C=O) groups is 1. The molecular weight excluding hydrogens is 302 g/mol. The number of rotatable bonds is 4. The van der Waals surface area contributed by atoms with Crippen molar-refractivity contribution in [3.05, 3.63) is 38.9 Å². The number of carbonyl (C=O) groups excluding carboxylic acids is 1. The maximum Gasteiger partial charge on any atom is 0.319 e. The van der Waals surface area contributed by atoms with Crippen LogP contribution in [0.15, 0.2) is 12.1 Å². The Morgan fingerprint density at radius 2 is 2.06 bits per heavy atom. The Labute approximate surface area is 113 Å². The minimum atomic E-state index is -0.443. The zero-order chi connectivity index (χ0) is 13.9. The second-order valence-corrected chi connectivity index (χ2v) is 5.12. The summed E-state index contributed by atoms with van der Waals surface area (Å²) in [5, 5.41) is 10.8. The Morgan fingerprint density at radius 3 is 2.56 bits per heavy atom. The molecule has 1 aromatic rings. The average molecular weight is 316 g/mol. The maximum atomic E-state index is 11.3. The van der Waals surface area contributed by atoms with E-state index in [0.29, 0.717) is 12.0 Å². The van der Waals surface area contributed by atoms with Crippen molar-refractivity contribution in [1.29, 1.82) is 0 Å². The molecule has 1 rings (SSSR count). The molecule has 1 unspecified atom stereocenters. The Balaban J connectivity index is 3.02. The maximum absolute atomic E-state index is 11.3. The van der Waals surface area contributed by atoms with E-state index in [-0.39, 0.29) is 11.7 Å². The lowest BCUT2D eigenvalue weighted by Crippen LogP contribution is -2.18. The van der Waals surface area contributed by atoms with Gasteiger partial charge in [0.25, 0.3) is 5.69 Å². The van der Waals surface area contributed by atoms with Crippen molar-refractivity contribution in [2.75, 3.05) is 7.11 Å². The molecule has 0 amide bonds. The van der Waals surface area contributed by atoms with Crippen LogP contribution in [0.4, 0.5) is 5.69 Å². The van der Waals surface area contributed by atoms with Crippen molar-refractivity contribution < 1.29 is 14.5 Å². The van der Waals surface area contributed by atoms with Gasteiger partial charge in [0.05, 0.1) is 12.0 Å². The molecule has 1 atom stereocenters. The molecule has 5 nitrogen and oxygen atoms in total. The monoisotopic (exact) mass is 315 g/mol. The van der Waals surface area contributed by atoms with Gasteiger partial charge in [-0.1, -0.05) is 15.9 Å². The number of nitro groups is 1. The molecule has 0 aromatic heterocycles. The minimum Gasteiger partial charge on any atom is -0.468 e. The first kappa shape index (κ1) is 14.6. The molecule has 0 saturated carbocycles. The van der Waals surface area contributed by atoms with Gasteiger partial charge in [-0.05, 0) is 37.5 Å². The summed E-state index contributed by atoms with van der Waals surface area (Å²) in [5.41, 5.74) is 2.37. The lowest BCUT2D eigenvalue weighted by molar-refractivity contribution is -0.385. The summed E-state index contributed by atoms with van der Waals surface area (Å²) < 4.78 is 4.62. The fraction of sp³-hybridized carbons (Fsp3) is 0.417. The molecule has 0 saturated heterocycles. The van der Waals surface area contributed by atoms with Crippen molar-refractivity contribution in [3.63, 3.8) is 0 Å². The molecule has 0 radical (unpaired) electrons. The second kappa shape index (κ2) is 5.95. The van der Waals surface area contributed by atoms with Crippen molar-refractivity contribution in [2.24, 2.45) is 0 Å². The zero-order valence-corrected chi connectivity index (χ0v) is 12.0. The fourth-order valence-electron chi connectivity index (χ4n) is 1.68. The van der Waals surface area contributed by atoms with Crippen molar-refractivity contribution in [1.82, 2.24) is 0 Å². The van der Waals surface area contributed by atoms with E-state index in [9.17, 15) is 14.9 Å². The molecule has 0 bridgehead atoms. The molecule has 18 heavy (non-hydrogen) atoms. The van der Waals surface area contributed by atoms with Crippen molar-refractivity contribution >= 4 is 27.6 Å². The largest absolute Gasteiger partial charge is 0.468 e. The van der Waals surface area contributed by atoms with Gasteiger partial charge in [0.15, 0.2) is 0 Å². The van der Waals surface area contributed by atoms with Crippen LogP contribution >= 0.6 is 15.9 Å². The molecule has 0 fully saturated rings. The van der Waals surface area contributed by atoms with Crippen LogP contribution in [0.5, 0.6) is 0 Å². The van der Waals surface area contributed by atoms with Crippen LogP contribution in [0.3, 0.4) is 0 Å². The van der Waals surface area contributed by atoms with E-state index < -0.39 is 9.75 Å². The molecule has 98 valence electrons. The third-order valence-corrected chi connectivity index (χ3v) is 3.40. The third kappa shape index (κ3) is 3.29. The number of halogens is 1. The number of hydrogen-bond donors (Lipinski definition) is 0. The number of nitrogens with zero attached hydrogens (tertiary/aromatic N) is 1. The minimum absolute atomic E-state index is 0.0976. The van der Waals surface area contributed by atoms with Gasteiger partial charge in [-0.2, -0.15) is 0 Å². The Hall–Kier alpha value is -1.43. The van der Waals surface area contributed by atoms with E-state index >= 15 is 0 Å². The molecule has 0 aliphatic heterocycles. The highest BCUT2D eigenvalue weighted by Gasteiger charge is 2.19. The van der Waals surface area contributed by atoms with E-state index in [1.807, 2.05) is 0 Å². The predicted molar refractivity (Wildman–Crippen MR) is 71.0 cm³/mol. The van der Waals surface area contributed by atoms with Crippen LogP contribution in [0.25, 0.3) is 0 Å². The lowest BCUT2D eigenvalue weighted by atomic mass is 10.00. The first-order valence-corrected chi connectivity index (χ1v) is 6.24.